The fourth-order valence-electron chi connectivity index (χ4n) is 2.45. The number of anilines is 1. The molecule has 5 nitrogen and oxygen atoms in total. The van der Waals surface area contributed by atoms with Crippen LogP contribution in [0.4, 0.5) is 5.69 Å². The highest BCUT2D eigenvalue weighted by molar-refractivity contribution is 7.99. The Balaban J connectivity index is 1.79. The summed E-state index contributed by atoms with van der Waals surface area (Å²) in [5.74, 6) is 2.28. The molecule has 0 aliphatic carbocycles. The van der Waals surface area contributed by atoms with Gasteiger partial charge in [0.2, 0.25) is 11.8 Å². The lowest BCUT2D eigenvalue weighted by Gasteiger charge is -2.26. The zero-order chi connectivity index (χ0) is 16.5. The van der Waals surface area contributed by atoms with Gasteiger partial charge in [0.15, 0.2) is 0 Å². The molecule has 23 heavy (non-hydrogen) atoms. The van der Waals surface area contributed by atoms with Gasteiger partial charge in [0, 0.05) is 36.7 Å². The fraction of sp³-hybridized carbons (Fsp3) is 0.529. The largest absolute Gasteiger partial charge is 0.341 e. The number of nitrogens with zero attached hydrogens (tertiary/aromatic N) is 1. The zero-order valence-corrected chi connectivity index (χ0v) is 14.5. The molecular weight excluding hydrogens is 310 g/mol. The van der Waals surface area contributed by atoms with Crippen LogP contribution in [0, 0.1) is 0 Å². The van der Waals surface area contributed by atoms with Crippen LogP contribution in [0.2, 0.25) is 0 Å². The van der Waals surface area contributed by atoms with E-state index in [4.69, 9.17) is 0 Å². The molecule has 1 heterocycles. The Morgan fingerprint density at radius 2 is 1.87 bits per heavy atom. The summed E-state index contributed by atoms with van der Waals surface area (Å²) in [6, 6.07) is 7.56. The maximum atomic E-state index is 12.2. The molecule has 126 valence electrons. The maximum absolute atomic E-state index is 12.2. The van der Waals surface area contributed by atoms with Gasteiger partial charge in [0.25, 0.3) is 0 Å². The van der Waals surface area contributed by atoms with Crippen LogP contribution < -0.4 is 10.6 Å². The van der Waals surface area contributed by atoms with Crippen LogP contribution in [0.15, 0.2) is 24.3 Å². The molecule has 2 N–H and O–H groups in total. The molecule has 1 aliphatic rings. The molecule has 1 aromatic rings. The van der Waals surface area contributed by atoms with E-state index in [9.17, 15) is 9.59 Å². The predicted octanol–water partition coefficient (Wildman–Crippen LogP) is 1.74. The first-order valence-corrected chi connectivity index (χ1v) is 9.23. The van der Waals surface area contributed by atoms with Crippen molar-refractivity contribution in [2.75, 3.05) is 43.5 Å². The first-order valence-electron chi connectivity index (χ1n) is 8.08. The second-order valence-electron chi connectivity index (χ2n) is 5.62. The van der Waals surface area contributed by atoms with E-state index in [0.29, 0.717) is 12.8 Å². The number of amides is 2. The van der Waals surface area contributed by atoms with Crippen molar-refractivity contribution in [1.82, 2.24) is 10.2 Å². The van der Waals surface area contributed by atoms with E-state index in [1.54, 1.807) is 0 Å². The lowest BCUT2D eigenvalue weighted by atomic mass is 10.1. The molecule has 1 saturated heterocycles. The van der Waals surface area contributed by atoms with Crippen LogP contribution in [0.1, 0.15) is 18.4 Å². The monoisotopic (exact) mass is 335 g/mol. The van der Waals surface area contributed by atoms with Gasteiger partial charge in [-0.05, 0) is 37.7 Å². The van der Waals surface area contributed by atoms with Gasteiger partial charge in [-0.1, -0.05) is 12.1 Å². The minimum Gasteiger partial charge on any atom is -0.341 e. The highest BCUT2D eigenvalue weighted by Crippen LogP contribution is 2.14. The van der Waals surface area contributed by atoms with Crippen molar-refractivity contribution >= 4 is 29.3 Å². The number of thioether (sulfide) groups is 1. The first kappa shape index (κ1) is 17.8. The molecule has 1 aliphatic heterocycles. The standard InChI is InChI=1S/C17H25N3O2S/c1-18-8-2-3-16(21)19-15-6-4-14(5-7-15)13-17(22)20-9-11-23-12-10-20/h4-7,18H,2-3,8-13H2,1H3,(H,19,21). The second-order valence-corrected chi connectivity index (χ2v) is 6.85. The molecule has 6 heteroatoms. The van der Waals surface area contributed by atoms with Crippen LogP contribution in [-0.4, -0.2) is 54.9 Å². The average Bonchev–Trinajstić information content (AvgIpc) is 2.57. The summed E-state index contributed by atoms with van der Waals surface area (Å²) in [7, 11) is 1.88. The lowest BCUT2D eigenvalue weighted by Crippen LogP contribution is -2.38. The van der Waals surface area contributed by atoms with E-state index in [0.717, 1.165) is 48.8 Å². The number of hydrogen-bond donors (Lipinski definition) is 2. The van der Waals surface area contributed by atoms with Crippen LogP contribution >= 0.6 is 11.8 Å². The quantitative estimate of drug-likeness (QED) is 0.745. The number of carbonyl (C=O) groups excluding carboxylic acids is 2. The SMILES string of the molecule is CNCCCC(=O)Nc1ccc(CC(=O)N2CCSCC2)cc1. The second kappa shape index (κ2) is 9.57. The van der Waals surface area contributed by atoms with E-state index in [1.165, 1.54) is 0 Å². The van der Waals surface area contributed by atoms with Gasteiger partial charge in [-0.3, -0.25) is 9.59 Å². The maximum Gasteiger partial charge on any atom is 0.227 e. The third kappa shape index (κ3) is 6.23. The van der Waals surface area contributed by atoms with E-state index in [2.05, 4.69) is 10.6 Å². The van der Waals surface area contributed by atoms with Gasteiger partial charge >= 0.3 is 0 Å². The Kier molecular flexibility index (Phi) is 7.42. The highest BCUT2D eigenvalue weighted by Gasteiger charge is 2.16. The Morgan fingerprint density at radius 3 is 2.52 bits per heavy atom. The molecule has 0 spiro atoms. The number of hydrogen-bond acceptors (Lipinski definition) is 4. The molecule has 0 bridgehead atoms. The Bertz CT molecular complexity index is 513. The number of carbonyl (C=O) groups is 2. The van der Waals surface area contributed by atoms with Crippen LogP contribution in [0.3, 0.4) is 0 Å². The molecule has 1 fully saturated rings. The summed E-state index contributed by atoms with van der Waals surface area (Å²) in [6.45, 7) is 2.54. The summed E-state index contributed by atoms with van der Waals surface area (Å²) >= 11 is 1.90. The van der Waals surface area contributed by atoms with Gasteiger partial charge in [-0.15, -0.1) is 0 Å². The van der Waals surface area contributed by atoms with Crippen LogP contribution in [-0.2, 0) is 16.0 Å². The van der Waals surface area contributed by atoms with Crippen molar-refractivity contribution in [3.63, 3.8) is 0 Å². The summed E-state index contributed by atoms with van der Waals surface area (Å²) < 4.78 is 0. The molecule has 0 unspecified atom stereocenters. The van der Waals surface area contributed by atoms with Crippen molar-refractivity contribution in [3.8, 4) is 0 Å². The summed E-state index contributed by atoms with van der Waals surface area (Å²) in [4.78, 5) is 25.9. The smallest absolute Gasteiger partial charge is 0.227 e. The zero-order valence-electron chi connectivity index (χ0n) is 13.6. The third-order valence-corrected chi connectivity index (χ3v) is 4.73. The Morgan fingerprint density at radius 1 is 1.17 bits per heavy atom. The molecule has 2 amide bonds. The number of nitrogens with one attached hydrogen (secondary N) is 2. The van der Waals surface area contributed by atoms with Gasteiger partial charge in [0.05, 0.1) is 6.42 Å². The van der Waals surface area contributed by atoms with Gasteiger partial charge in [0.1, 0.15) is 0 Å². The highest BCUT2D eigenvalue weighted by atomic mass is 32.2. The van der Waals surface area contributed by atoms with Crippen LogP contribution in [0.5, 0.6) is 0 Å². The minimum atomic E-state index is 0.0230. The van der Waals surface area contributed by atoms with Gasteiger partial charge in [-0.2, -0.15) is 11.8 Å². The topological polar surface area (TPSA) is 61.4 Å². The summed E-state index contributed by atoms with van der Waals surface area (Å²) in [6.07, 6.45) is 1.76. The van der Waals surface area contributed by atoms with E-state index < -0.39 is 0 Å². The predicted molar refractivity (Wildman–Crippen MR) is 95.8 cm³/mol. The molecule has 1 aromatic carbocycles. The van der Waals surface area contributed by atoms with Gasteiger partial charge < -0.3 is 15.5 Å². The molecule has 2 rings (SSSR count). The first-order chi connectivity index (χ1) is 11.2. The van der Waals surface area contributed by atoms with Crippen molar-refractivity contribution in [2.24, 2.45) is 0 Å². The molecular formula is C17H25N3O2S. The van der Waals surface area contributed by atoms with Crippen molar-refractivity contribution in [1.29, 1.82) is 0 Å². The normalized spacial score (nSPS) is 14.6. The fourth-order valence-corrected chi connectivity index (χ4v) is 3.36. The molecule has 0 aromatic heterocycles. The summed E-state index contributed by atoms with van der Waals surface area (Å²) in [5, 5.41) is 5.90. The molecule has 0 saturated carbocycles. The lowest BCUT2D eigenvalue weighted by molar-refractivity contribution is -0.130. The van der Waals surface area contributed by atoms with E-state index >= 15 is 0 Å². The van der Waals surface area contributed by atoms with Crippen molar-refractivity contribution < 1.29 is 9.59 Å². The Labute approximate surface area is 142 Å². The van der Waals surface area contributed by atoms with Crippen molar-refractivity contribution in [3.05, 3.63) is 29.8 Å². The minimum absolute atomic E-state index is 0.0230. The molecule has 0 radical (unpaired) electrons. The molecule has 0 atom stereocenters. The van der Waals surface area contributed by atoms with Gasteiger partial charge in [-0.25, -0.2) is 0 Å². The van der Waals surface area contributed by atoms with Crippen molar-refractivity contribution in [2.45, 2.75) is 19.3 Å². The summed E-state index contributed by atoms with van der Waals surface area (Å²) in [5.41, 5.74) is 1.77. The Hall–Kier alpha value is -1.53. The third-order valence-electron chi connectivity index (χ3n) is 3.79. The van der Waals surface area contributed by atoms with E-state index in [1.807, 2.05) is 48.0 Å². The number of benzene rings is 1. The average molecular weight is 335 g/mol. The number of rotatable bonds is 7. The van der Waals surface area contributed by atoms with E-state index in [-0.39, 0.29) is 11.8 Å². The van der Waals surface area contributed by atoms with Crippen LogP contribution in [0.25, 0.3) is 0 Å².